The Morgan fingerprint density at radius 3 is 2.53 bits per heavy atom. The lowest BCUT2D eigenvalue weighted by atomic mass is 10.2. The van der Waals surface area contributed by atoms with Gasteiger partial charge in [-0.1, -0.05) is 23.7 Å². The van der Waals surface area contributed by atoms with Gasteiger partial charge in [-0.15, -0.1) is 5.10 Å². The standard InChI is InChI=1S/C24H18ClF2N7O2/c25-16-5-3-15(4-6-16)12-34-22-21(33(14-28-22)13-19(26)27)23(35)31-24(34)30-17-7-9-18(10-8-17)36-20-2-1-11-29-32-20/h1-11,14,19H,12-13H2,(H,30,31,35). The maximum Gasteiger partial charge on any atom is 0.300 e. The zero-order valence-corrected chi connectivity index (χ0v) is 19.3. The van der Waals surface area contributed by atoms with Gasteiger partial charge < -0.3 is 14.6 Å². The third-order valence-electron chi connectivity index (χ3n) is 5.21. The largest absolute Gasteiger partial charge is 0.438 e. The highest BCUT2D eigenvalue weighted by Gasteiger charge is 2.18. The summed E-state index contributed by atoms with van der Waals surface area (Å²) in [5.41, 5.74) is 1.04. The lowest BCUT2D eigenvalue weighted by Gasteiger charge is -2.16. The number of rotatable bonds is 8. The molecule has 0 saturated carbocycles. The first kappa shape index (κ1) is 23.4. The van der Waals surface area contributed by atoms with Crippen LogP contribution in [-0.4, -0.2) is 35.7 Å². The topological polar surface area (TPSA) is 99.8 Å². The summed E-state index contributed by atoms with van der Waals surface area (Å²) in [5.74, 6) is 1.09. The number of hydrogen-bond acceptors (Lipinski definition) is 7. The second kappa shape index (κ2) is 10.1. The van der Waals surface area contributed by atoms with Gasteiger partial charge in [0, 0.05) is 23.0 Å². The molecule has 0 fully saturated rings. The molecule has 1 N–H and O–H groups in total. The van der Waals surface area contributed by atoms with E-state index in [9.17, 15) is 13.6 Å². The Bertz CT molecular complexity index is 1540. The van der Waals surface area contributed by atoms with Crippen molar-refractivity contribution in [1.82, 2.24) is 29.3 Å². The van der Waals surface area contributed by atoms with Crippen LogP contribution in [0.4, 0.5) is 20.4 Å². The molecular weight excluding hydrogens is 492 g/mol. The van der Waals surface area contributed by atoms with Gasteiger partial charge in [0.15, 0.2) is 11.2 Å². The van der Waals surface area contributed by atoms with E-state index in [-0.39, 0.29) is 23.7 Å². The molecule has 0 bridgehead atoms. The number of nitrogens with zero attached hydrogens (tertiary/aromatic N) is 6. The van der Waals surface area contributed by atoms with E-state index < -0.39 is 18.5 Å². The molecule has 0 unspecified atom stereocenters. The lowest BCUT2D eigenvalue weighted by molar-refractivity contribution is 0.128. The summed E-state index contributed by atoms with van der Waals surface area (Å²) >= 11 is 6.01. The zero-order chi connectivity index (χ0) is 25.1. The molecule has 0 saturated heterocycles. The predicted molar refractivity (Wildman–Crippen MR) is 130 cm³/mol. The van der Waals surface area contributed by atoms with Crippen molar-refractivity contribution in [2.45, 2.75) is 19.5 Å². The van der Waals surface area contributed by atoms with E-state index in [4.69, 9.17) is 16.3 Å². The van der Waals surface area contributed by atoms with Crippen LogP contribution in [0, 0.1) is 0 Å². The minimum Gasteiger partial charge on any atom is -0.438 e. The molecule has 36 heavy (non-hydrogen) atoms. The number of ether oxygens (including phenoxy) is 1. The van der Waals surface area contributed by atoms with Crippen LogP contribution in [0.25, 0.3) is 11.2 Å². The Morgan fingerprint density at radius 2 is 1.83 bits per heavy atom. The summed E-state index contributed by atoms with van der Waals surface area (Å²) < 4.78 is 34.5. The average molecular weight is 510 g/mol. The van der Waals surface area contributed by atoms with Crippen molar-refractivity contribution in [2.75, 3.05) is 5.32 Å². The average Bonchev–Trinajstić information content (AvgIpc) is 3.28. The molecule has 0 aliphatic rings. The fourth-order valence-electron chi connectivity index (χ4n) is 3.60. The van der Waals surface area contributed by atoms with Gasteiger partial charge in [0.2, 0.25) is 11.8 Å². The molecule has 9 nitrogen and oxygen atoms in total. The molecule has 0 aliphatic carbocycles. The lowest BCUT2D eigenvalue weighted by Crippen LogP contribution is -2.21. The maximum atomic E-state index is 13.1. The first-order chi connectivity index (χ1) is 17.5. The van der Waals surface area contributed by atoms with Crippen LogP contribution in [0.5, 0.6) is 11.6 Å². The van der Waals surface area contributed by atoms with Crippen molar-refractivity contribution in [2.24, 2.45) is 0 Å². The molecule has 5 rings (SSSR count). The van der Waals surface area contributed by atoms with E-state index in [1.54, 1.807) is 59.3 Å². The van der Waals surface area contributed by atoms with Gasteiger partial charge >= 0.3 is 5.56 Å². The van der Waals surface area contributed by atoms with E-state index in [1.807, 2.05) is 12.1 Å². The van der Waals surface area contributed by atoms with Crippen molar-refractivity contribution in [1.29, 1.82) is 0 Å². The molecule has 0 aliphatic heterocycles. The number of imidazole rings is 1. The monoisotopic (exact) mass is 509 g/mol. The third-order valence-corrected chi connectivity index (χ3v) is 5.46. The Kier molecular flexibility index (Phi) is 6.54. The highest BCUT2D eigenvalue weighted by Crippen LogP contribution is 2.24. The summed E-state index contributed by atoms with van der Waals surface area (Å²) in [6, 6.07) is 17.4. The van der Waals surface area contributed by atoms with Crippen LogP contribution in [0.2, 0.25) is 5.02 Å². The molecule has 3 heterocycles. The van der Waals surface area contributed by atoms with Crippen molar-refractivity contribution >= 4 is 34.4 Å². The number of nitrogens with one attached hydrogen (secondary N) is 1. The van der Waals surface area contributed by atoms with Crippen LogP contribution in [-0.2, 0) is 13.1 Å². The molecule has 2 aromatic carbocycles. The normalized spacial score (nSPS) is 11.2. The zero-order valence-electron chi connectivity index (χ0n) is 18.6. The first-order valence-electron chi connectivity index (χ1n) is 10.8. The van der Waals surface area contributed by atoms with Gasteiger partial charge in [-0.3, -0.25) is 9.36 Å². The van der Waals surface area contributed by atoms with Gasteiger partial charge in [-0.25, -0.2) is 13.8 Å². The number of fused-ring (bicyclic) bond motifs is 1. The van der Waals surface area contributed by atoms with E-state index in [2.05, 4.69) is 25.5 Å². The van der Waals surface area contributed by atoms with Crippen LogP contribution in [0.1, 0.15) is 5.56 Å². The Labute approximate surface area is 208 Å². The Balaban J connectivity index is 1.50. The Hall–Kier alpha value is -4.38. The first-order valence-corrected chi connectivity index (χ1v) is 11.1. The summed E-state index contributed by atoms with van der Waals surface area (Å²) in [6.45, 7) is -0.392. The van der Waals surface area contributed by atoms with Crippen molar-refractivity contribution in [3.63, 3.8) is 0 Å². The molecule has 5 aromatic rings. The van der Waals surface area contributed by atoms with Gasteiger partial charge in [0.05, 0.1) is 19.4 Å². The minimum absolute atomic E-state index is 0.00234. The number of alkyl halides is 2. The molecule has 0 atom stereocenters. The molecule has 0 amide bonds. The smallest absolute Gasteiger partial charge is 0.300 e. The number of halogens is 3. The van der Waals surface area contributed by atoms with Crippen LogP contribution in [0.15, 0.2) is 78.0 Å². The van der Waals surface area contributed by atoms with Gasteiger partial charge in [0.1, 0.15) is 5.75 Å². The third kappa shape index (κ3) is 5.15. The molecule has 12 heteroatoms. The van der Waals surface area contributed by atoms with Crippen molar-refractivity contribution in [3.8, 4) is 11.6 Å². The van der Waals surface area contributed by atoms with Gasteiger partial charge in [-0.05, 0) is 48.0 Å². The molecule has 3 aromatic heterocycles. The predicted octanol–water partition coefficient (Wildman–Crippen LogP) is 4.89. The highest BCUT2D eigenvalue weighted by atomic mass is 35.5. The summed E-state index contributed by atoms with van der Waals surface area (Å²) in [7, 11) is 0. The second-order valence-corrected chi connectivity index (χ2v) is 8.16. The van der Waals surface area contributed by atoms with E-state index in [0.717, 1.165) is 10.1 Å². The highest BCUT2D eigenvalue weighted by molar-refractivity contribution is 6.30. The summed E-state index contributed by atoms with van der Waals surface area (Å²) in [4.78, 5) is 21.3. The SMILES string of the molecule is O=c1nc(Nc2ccc(Oc3cccnn3)cc2)n(Cc2ccc(Cl)cc2)c2ncn(CC(F)F)c12. The van der Waals surface area contributed by atoms with Crippen LogP contribution < -0.4 is 15.6 Å². The Morgan fingerprint density at radius 1 is 1.06 bits per heavy atom. The maximum absolute atomic E-state index is 13.1. The van der Waals surface area contributed by atoms with Crippen molar-refractivity contribution in [3.05, 3.63) is 94.1 Å². The minimum atomic E-state index is -2.65. The molecular formula is C24H18ClF2N7O2. The number of aromatic nitrogens is 6. The molecule has 0 spiro atoms. The number of anilines is 2. The van der Waals surface area contributed by atoms with E-state index in [0.29, 0.717) is 22.3 Å². The number of hydrogen-bond donors (Lipinski definition) is 1. The molecule has 182 valence electrons. The molecule has 0 radical (unpaired) electrons. The van der Waals surface area contributed by atoms with Crippen molar-refractivity contribution < 1.29 is 13.5 Å². The fourth-order valence-corrected chi connectivity index (χ4v) is 3.73. The fraction of sp³-hybridized carbons (Fsp3) is 0.125. The summed E-state index contributed by atoms with van der Waals surface area (Å²) in [5, 5.41) is 11.3. The van der Waals surface area contributed by atoms with Crippen LogP contribution >= 0.6 is 11.6 Å². The van der Waals surface area contributed by atoms with E-state index in [1.165, 1.54) is 6.33 Å². The van der Waals surface area contributed by atoms with Crippen LogP contribution in [0.3, 0.4) is 0 Å². The summed E-state index contributed by atoms with van der Waals surface area (Å²) in [6.07, 6.45) is 0.122. The van der Waals surface area contributed by atoms with Gasteiger partial charge in [0.25, 0.3) is 6.43 Å². The number of benzene rings is 2. The van der Waals surface area contributed by atoms with Gasteiger partial charge in [-0.2, -0.15) is 10.1 Å². The quantitative estimate of drug-likeness (QED) is 0.318. The second-order valence-electron chi connectivity index (χ2n) is 7.73. The van der Waals surface area contributed by atoms with E-state index >= 15 is 0 Å².